The van der Waals surface area contributed by atoms with Crippen LogP contribution in [0.4, 0.5) is 0 Å². The van der Waals surface area contributed by atoms with Gasteiger partial charge in [0.2, 0.25) is 0 Å². The lowest BCUT2D eigenvalue weighted by Crippen LogP contribution is -2.50. The first-order valence-corrected chi connectivity index (χ1v) is 14.2. The van der Waals surface area contributed by atoms with Gasteiger partial charge in [0.15, 0.2) is 28.8 Å². The molecular formula is C33H28N2O9. The molecular weight excluding hydrogens is 568 g/mol. The van der Waals surface area contributed by atoms with Crippen molar-refractivity contribution < 1.29 is 33.7 Å². The van der Waals surface area contributed by atoms with Crippen LogP contribution in [0.5, 0.6) is 0 Å². The Labute approximate surface area is 250 Å². The van der Waals surface area contributed by atoms with Gasteiger partial charge in [-0.1, -0.05) is 62.4 Å². The Kier molecular flexibility index (Phi) is 6.75. The largest absolute Gasteiger partial charge is 0.505 e. The van der Waals surface area contributed by atoms with E-state index in [4.69, 9.17) is 8.83 Å². The summed E-state index contributed by atoms with van der Waals surface area (Å²) in [6.07, 6.45) is 4.93. The molecule has 0 saturated heterocycles. The second-order valence-corrected chi connectivity index (χ2v) is 10.9. The van der Waals surface area contributed by atoms with Crippen LogP contribution in [0, 0.1) is 32.1 Å². The summed E-state index contributed by atoms with van der Waals surface area (Å²) in [4.78, 5) is 39.1. The SMILES string of the molecule is CCC1C(C(=O)C2=CC=C(O)C(c3cc4ccccc4o3)([N+](=O)[O-])C2CC)=CC=C(O)C1(c1cc2ccccc2o1)[N+](=O)[O-]. The summed E-state index contributed by atoms with van der Waals surface area (Å²) in [5, 5.41) is 49.3. The van der Waals surface area contributed by atoms with Gasteiger partial charge in [0.25, 0.3) is 0 Å². The van der Waals surface area contributed by atoms with Crippen LogP contribution in [0.3, 0.4) is 0 Å². The van der Waals surface area contributed by atoms with E-state index < -0.39 is 50.1 Å². The maximum Gasteiger partial charge on any atom is 0.340 e. The summed E-state index contributed by atoms with van der Waals surface area (Å²) in [7, 11) is 0. The van der Waals surface area contributed by atoms with Gasteiger partial charge in [-0.15, -0.1) is 0 Å². The molecule has 11 heteroatoms. The van der Waals surface area contributed by atoms with E-state index in [2.05, 4.69) is 0 Å². The number of allylic oxidation sites excluding steroid dienone is 4. The third-order valence-electron chi connectivity index (χ3n) is 8.90. The lowest BCUT2D eigenvalue weighted by atomic mass is 9.66. The molecule has 0 bridgehead atoms. The van der Waals surface area contributed by atoms with Gasteiger partial charge in [0.05, 0.1) is 11.8 Å². The number of rotatable bonds is 8. The molecule has 2 aliphatic carbocycles. The second-order valence-electron chi connectivity index (χ2n) is 10.9. The molecule has 0 saturated carbocycles. The Morgan fingerprint density at radius 1 is 0.727 bits per heavy atom. The molecule has 4 atom stereocenters. The highest BCUT2D eigenvalue weighted by molar-refractivity contribution is 6.10. The zero-order chi connectivity index (χ0) is 31.4. The van der Waals surface area contributed by atoms with Crippen molar-refractivity contribution in [1.29, 1.82) is 0 Å². The molecule has 2 aromatic heterocycles. The minimum Gasteiger partial charge on any atom is -0.505 e. The van der Waals surface area contributed by atoms with Crippen molar-refractivity contribution in [2.45, 2.75) is 37.8 Å². The average Bonchev–Trinajstić information content (AvgIpc) is 3.64. The van der Waals surface area contributed by atoms with Crippen molar-refractivity contribution in [3.8, 4) is 0 Å². The Morgan fingerprint density at radius 3 is 1.45 bits per heavy atom. The number of aliphatic hydroxyl groups is 2. The van der Waals surface area contributed by atoms with Gasteiger partial charge in [-0.2, -0.15) is 0 Å². The van der Waals surface area contributed by atoms with E-state index in [1.54, 1.807) is 62.4 Å². The van der Waals surface area contributed by atoms with Gasteiger partial charge < -0.3 is 19.0 Å². The predicted octanol–water partition coefficient (Wildman–Crippen LogP) is 7.21. The molecule has 2 heterocycles. The van der Waals surface area contributed by atoms with E-state index in [0.717, 1.165) is 12.2 Å². The highest BCUT2D eigenvalue weighted by atomic mass is 16.6. The van der Waals surface area contributed by atoms with Gasteiger partial charge in [-0.05, 0) is 49.3 Å². The maximum absolute atomic E-state index is 14.5. The molecule has 2 N–H and O–H groups in total. The fraction of sp³-hybridized carbons (Fsp3) is 0.242. The predicted molar refractivity (Wildman–Crippen MR) is 160 cm³/mol. The summed E-state index contributed by atoms with van der Waals surface area (Å²) in [5.74, 6) is -4.59. The molecule has 4 aromatic rings. The zero-order valence-corrected chi connectivity index (χ0v) is 23.8. The Balaban J connectivity index is 1.50. The Bertz CT molecular complexity index is 1770. The molecule has 2 aromatic carbocycles. The van der Waals surface area contributed by atoms with Crippen LogP contribution in [0.15, 0.2) is 116 Å². The van der Waals surface area contributed by atoms with Crippen LogP contribution >= 0.6 is 0 Å². The molecule has 44 heavy (non-hydrogen) atoms. The number of ketones is 1. The lowest BCUT2D eigenvalue weighted by molar-refractivity contribution is -0.585. The van der Waals surface area contributed by atoms with E-state index in [1.807, 2.05) is 0 Å². The quantitative estimate of drug-likeness (QED) is 0.158. The molecule has 0 aliphatic heterocycles. The lowest BCUT2D eigenvalue weighted by Gasteiger charge is -2.36. The van der Waals surface area contributed by atoms with E-state index in [9.17, 15) is 35.2 Å². The molecule has 0 spiro atoms. The number of nitrogens with zero attached hydrogens (tertiary/aromatic N) is 2. The number of furan rings is 2. The molecule has 224 valence electrons. The average molecular weight is 597 g/mol. The van der Waals surface area contributed by atoms with E-state index in [-0.39, 0.29) is 35.5 Å². The maximum atomic E-state index is 14.5. The van der Waals surface area contributed by atoms with Crippen molar-refractivity contribution in [2.75, 3.05) is 0 Å². The van der Waals surface area contributed by atoms with Gasteiger partial charge in [0, 0.05) is 31.8 Å². The molecule has 11 nitrogen and oxygen atoms in total. The zero-order valence-electron chi connectivity index (χ0n) is 23.8. The fourth-order valence-corrected chi connectivity index (χ4v) is 6.85. The number of aliphatic hydroxyl groups excluding tert-OH is 2. The van der Waals surface area contributed by atoms with Gasteiger partial charge >= 0.3 is 11.1 Å². The summed E-state index contributed by atoms with van der Waals surface area (Å²) in [6, 6.07) is 16.6. The van der Waals surface area contributed by atoms with Crippen LogP contribution in [-0.4, -0.2) is 25.8 Å². The van der Waals surface area contributed by atoms with Crippen LogP contribution in [-0.2, 0) is 15.9 Å². The van der Waals surface area contributed by atoms with E-state index in [0.29, 0.717) is 21.9 Å². The monoisotopic (exact) mass is 596 g/mol. The van der Waals surface area contributed by atoms with E-state index in [1.165, 1.54) is 24.3 Å². The van der Waals surface area contributed by atoms with Gasteiger partial charge in [-0.3, -0.25) is 25.0 Å². The van der Waals surface area contributed by atoms with Crippen LogP contribution < -0.4 is 0 Å². The van der Waals surface area contributed by atoms with Crippen molar-refractivity contribution in [3.63, 3.8) is 0 Å². The highest BCUT2D eigenvalue weighted by Crippen LogP contribution is 2.52. The summed E-state index contributed by atoms with van der Waals surface area (Å²) >= 11 is 0. The second kappa shape index (κ2) is 10.4. The third kappa shape index (κ3) is 3.78. The molecule has 6 rings (SSSR count). The minimum atomic E-state index is -2.33. The molecule has 0 fully saturated rings. The van der Waals surface area contributed by atoms with E-state index >= 15 is 0 Å². The number of carbonyl (C=O) groups is 1. The topological polar surface area (TPSA) is 170 Å². The van der Waals surface area contributed by atoms with Crippen LogP contribution in [0.2, 0.25) is 0 Å². The number of benzene rings is 2. The van der Waals surface area contributed by atoms with Crippen molar-refractivity contribution in [3.05, 3.63) is 139 Å². The standard InChI is InChI=1S/C33H28N2O9/c1-3-23-21(13-15-27(36)32(23,34(39)40)29-17-19-9-5-7-11-25(19)43-29)31(38)22-14-16-28(37)33(35(41)42,24(22)4-2)30-18-20-10-6-8-12-26(20)44-30/h5-18,23-24,36-37H,3-4H2,1-2H3. The van der Waals surface area contributed by atoms with Gasteiger partial charge in [0.1, 0.15) is 11.2 Å². The molecule has 4 unspecified atom stereocenters. The minimum absolute atomic E-state index is 0.0243. The summed E-state index contributed by atoms with van der Waals surface area (Å²) < 4.78 is 11.8. The number of nitro groups is 2. The Hall–Kier alpha value is -5.45. The number of hydrogen-bond donors (Lipinski definition) is 2. The normalized spacial score (nSPS) is 25.2. The number of Topliss-reactive ketones (excluding diaryl/α,β-unsaturated/α-hetero) is 1. The summed E-state index contributed by atoms with van der Waals surface area (Å²) in [5.41, 5.74) is -3.97. The van der Waals surface area contributed by atoms with Crippen molar-refractivity contribution >= 4 is 27.7 Å². The number of hydrogen-bond acceptors (Lipinski definition) is 9. The molecule has 2 aliphatic rings. The smallest absolute Gasteiger partial charge is 0.340 e. The first kappa shape index (κ1) is 28.7. The fourth-order valence-electron chi connectivity index (χ4n) is 6.85. The van der Waals surface area contributed by atoms with Gasteiger partial charge in [-0.25, -0.2) is 0 Å². The van der Waals surface area contributed by atoms with Crippen molar-refractivity contribution in [2.24, 2.45) is 11.8 Å². The molecule has 0 amide bonds. The Morgan fingerprint density at radius 2 is 1.11 bits per heavy atom. The van der Waals surface area contributed by atoms with Crippen LogP contribution in [0.25, 0.3) is 21.9 Å². The number of fused-ring (bicyclic) bond motifs is 2. The number of para-hydroxylation sites is 2. The van der Waals surface area contributed by atoms with Crippen molar-refractivity contribution in [1.82, 2.24) is 0 Å². The summed E-state index contributed by atoms with van der Waals surface area (Å²) in [6.45, 7) is 3.30. The number of carbonyl (C=O) groups excluding carboxylic acids is 1. The third-order valence-corrected chi connectivity index (χ3v) is 8.90. The first-order chi connectivity index (χ1) is 21.1. The highest BCUT2D eigenvalue weighted by Gasteiger charge is 2.64. The molecule has 0 radical (unpaired) electrons. The van der Waals surface area contributed by atoms with Crippen LogP contribution in [0.1, 0.15) is 38.2 Å². The first-order valence-electron chi connectivity index (χ1n) is 14.2.